The summed E-state index contributed by atoms with van der Waals surface area (Å²) >= 11 is 12.0. The number of halogens is 2. The van der Waals surface area contributed by atoms with Crippen molar-refractivity contribution in [1.29, 1.82) is 0 Å². The molecule has 1 aromatic heterocycles. The number of Topliss-reactive ketones (excluding diaryl/α,β-unsaturated/α-hetero) is 1. The van der Waals surface area contributed by atoms with Gasteiger partial charge in [-0.05, 0) is 67.3 Å². The molecule has 1 atom stereocenters. The van der Waals surface area contributed by atoms with Crippen molar-refractivity contribution in [3.8, 4) is 5.75 Å². The molecule has 0 aliphatic heterocycles. The highest BCUT2D eigenvalue weighted by atomic mass is 35.5. The van der Waals surface area contributed by atoms with E-state index in [9.17, 15) is 14.4 Å². The molecule has 0 bridgehead atoms. The first kappa shape index (κ1) is 32.5. The van der Waals surface area contributed by atoms with Crippen molar-refractivity contribution >= 4 is 46.9 Å². The summed E-state index contributed by atoms with van der Waals surface area (Å²) in [4.78, 5) is 43.8. The molecule has 230 valence electrons. The molecule has 0 aliphatic carbocycles. The average Bonchev–Trinajstić information content (AvgIpc) is 3.50. The molecule has 4 aromatic rings. The first-order chi connectivity index (χ1) is 21.2. The maximum absolute atomic E-state index is 13.2. The number of anilines is 1. The van der Waals surface area contributed by atoms with Gasteiger partial charge >= 0.3 is 12.2 Å². The molecule has 11 nitrogen and oxygen atoms in total. The van der Waals surface area contributed by atoms with E-state index < -0.39 is 24.0 Å². The molecule has 0 fully saturated rings. The standard InChI is InChI=1S/C31H31Cl2N5O6/c1-38(22-12-15-24(32)25(33)18-22)31(41)43-23-13-10-20(11-14-23)17-27-36-29(37-44-27)28(39)26(9-5-6-16-34)35-30(40)42-19-21-7-3-2-4-8-21/h2-4,7-8,10-15,18,26H,5-6,9,16-17,19,34H2,1H3,(H,35,40). The van der Waals surface area contributed by atoms with E-state index in [1.165, 1.54) is 4.90 Å². The van der Waals surface area contributed by atoms with Gasteiger partial charge in [0.2, 0.25) is 17.5 Å². The molecule has 0 spiro atoms. The second-order valence-corrected chi connectivity index (χ2v) is 10.6. The van der Waals surface area contributed by atoms with Crippen LogP contribution in [0.5, 0.6) is 5.75 Å². The van der Waals surface area contributed by atoms with E-state index in [2.05, 4.69) is 15.5 Å². The Bertz CT molecular complexity index is 1570. The van der Waals surface area contributed by atoms with Crippen LogP contribution in [0.3, 0.4) is 0 Å². The largest absolute Gasteiger partial charge is 0.445 e. The number of amides is 2. The maximum Gasteiger partial charge on any atom is 0.419 e. The van der Waals surface area contributed by atoms with Gasteiger partial charge in [0.25, 0.3) is 0 Å². The Kier molecular flexibility index (Phi) is 11.7. The van der Waals surface area contributed by atoms with Crippen LogP contribution < -0.4 is 20.7 Å². The highest BCUT2D eigenvalue weighted by Gasteiger charge is 2.27. The molecule has 0 radical (unpaired) electrons. The van der Waals surface area contributed by atoms with E-state index in [4.69, 9.17) is 42.9 Å². The van der Waals surface area contributed by atoms with Crippen molar-refractivity contribution in [3.05, 3.63) is 106 Å². The predicted octanol–water partition coefficient (Wildman–Crippen LogP) is 6.21. The number of carbonyl (C=O) groups excluding carboxylic acids is 3. The van der Waals surface area contributed by atoms with Crippen LogP contribution in [0.15, 0.2) is 77.3 Å². The fourth-order valence-electron chi connectivity index (χ4n) is 4.07. The molecule has 0 saturated carbocycles. The number of nitrogens with two attached hydrogens (primary N) is 1. The van der Waals surface area contributed by atoms with E-state index in [0.717, 1.165) is 11.1 Å². The van der Waals surface area contributed by atoms with Gasteiger partial charge in [0.05, 0.1) is 22.5 Å². The lowest BCUT2D eigenvalue weighted by atomic mass is 10.0. The summed E-state index contributed by atoms with van der Waals surface area (Å²) < 4.78 is 16.0. The van der Waals surface area contributed by atoms with E-state index in [-0.39, 0.29) is 24.7 Å². The fourth-order valence-corrected chi connectivity index (χ4v) is 4.36. The normalized spacial score (nSPS) is 11.5. The molecule has 13 heteroatoms. The number of benzene rings is 3. The van der Waals surface area contributed by atoms with Gasteiger partial charge in [-0.25, -0.2) is 9.59 Å². The first-order valence-corrected chi connectivity index (χ1v) is 14.5. The van der Waals surface area contributed by atoms with Crippen LogP contribution >= 0.6 is 23.2 Å². The first-order valence-electron chi connectivity index (χ1n) is 13.8. The van der Waals surface area contributed by atoms with Gasteiger partial charge in [0.1, 0.15) is 12.4 Å². The molecular weight excluding hydrogens is 609 g/mol. The number of hydrogen-bond donors (Lipinski definition) is 2. The monoisotopic (exact) mass is 639 g/mol. The Labute approximate surface area is 264 Å². The molecule has 1 heterocycles. The van der Waals surface area contributed by atoms with E-state index in [1.54, 1.807) is 49.5 Å². The highest BCUT2D eigenvalue weighted by molar-refractivity contribution is 6.42. The molecule has 0 saturated heterocycles. The van der Waals surface area contributed by atoms with Crippen LogP contribution in [0.2, 0.25) is 10.0 Å². The number of nitrogens with one attached hydrogen (secondary N) is 1. The summed E-state index contributed by atoms with van der Waals surface area (Å²) in [5.74, 6) is -0.138. The zero-order valence-electron chi connectivity index (χ0n) is 23.9. The predicted molar refractivity (Wildman–Crippen MR) is 165 cm³/mol. The van der Waals surface area contributed by atoms with Crippen LogP contribution in [-0.2, 0) is 17.8 Å². The van der Waals surface area contributed by atoms with E-state index in [1.807, 2.05) is 30.3 Å². The van der Waals surface area contributed by atoms with Gasteiger partial charge in [-0.1, -0.05) is 70.8 Å². The van der Waals surface area contributed by atoms with Crippen molar-refractivity contribution in [3.63, 3.8) is 0 Å². The van der Waals surface area contributed by atoms with Crippen LogP contribution in [-0.4, -0.2) is 47.7 Å². The number of rotatable bonds is 13. The Morgan fingerprint density at radius 1 is 0.977 bits per heavy atom. The van der Waals surface area contributed by atoms with Crippen molar-refractivity contribution < 1.29 is 28.4 Å². The fraction of sp³-hybridized carbons (Fsp3) is 0.258. The average molecular weight is 641 g/mol. The zero-order chi connectivity index (χ0) is 31.5. The highest BCUT2D eigenvalue weighted by Crippen LogP contribution is 2.27. The summed E-state index contributed by atoms with van der Waals surface area (Å²) in [5, 5.41) is 7.15. The molecule has 2 amide bonds. The minimum atomic E-state index is -0.911. The lowest BCUT2D eigenvalue weighted by Gasteiger charge is -2.17. The number of hydrogen-bond acceptors (Lipinski definition) is 9. The van der Waals surface area contributed by atoms with Gasteiger partial charge in [-0.2, -0.15) is 4.98 Å². The Balaban J connectivity index is 1.33. The molecule has 44 heavy (non-hydrogen) atoms. The van der Waals surface area contributed by atoms with Crippen LogP contribution in [0.25, 0.3) is 0 Å². The topological polar surface area (TPSA) is 150 Å². The number of nitrogens with zero attached hydrogens (tertiary/aromatic N) is 3. The van der Waals surface area contributed by atoms with Crippen LogP contribution in [0.1, 0.15) is 46.9 Å². The summed E-state index contributed by atoms with van der Waals surface area (Å²) in [6.45, 7) is 0.520. The minimum Gasteiger partial charge on any atom is -0.445 e. The smallest absolute Gasteiger partial charge is 0.419 e. The SMILES string of the molecule is CN(C(=O)Oc1ccc(Cc2nc(C(=O)C(CCCCN)NC(=O)OCc3ccccc3)no2)cc1)c1ccc(Cl)c(Cl)c1. The molecule has 4 rings (SSSR count). The number of carbonyl (C=O) groups is 3. The van der Waals surface area contributed by atoms with E-state index in [0.29, 0.717) is 47.3 Å². The third-order valence-electron chi connectivity index (χ3n) is 6.50. The third-order valence-corrected chi connectivity index (χ3v) is 7.24. The van der Waals surface area contributed by atoms with Crippen molar-refractivity contribution in [1.82, 2.24) is 15.5 Å². The quantitative estimate of drug-likeness (QED) is 0.128. The second-order valence-electron chi connectivity index (χ2n) is 9.77. The maximum atomic E-state index is 13.2. The van der Waals surface area contributed by atoms with Crippen molar-refractivity contribution in [2.24, 2.45) is 5.73 Å². The number of aromatic nitrogens is 2. The van der Waals surface area contributed by atoms with Gasteiger partial charge in [0.15, 0.2) is 0 Å². The van der Waals surface area contributed by atoms with Crippen molar-refractivity contribution in [2.45, 2.75) is 38.3 Å². The summed E-state index contributed by atoms with van der Waals surface area (Å²) in [5.41, 5.74) is 7.71. The minimum absolute atomic E-state index is 0.0641. The van der Waals surface area contributed by atoms with Crippen LogP contribution in [0.4, 0.5) is 15.3 Å². The Morgan fingerprint density at radius 2 is 1.73 bits per heavy atom. The van der Waals surface area contributed by atoms with Gasteiger partial charge in [0, 0.05) is 12.7 Å². The number of ketones is 1. The lowest BCUT2D eigenvalue weighted by Crippen LogP contribution is -2.41. The number of ether oxygens (including phenoxy) is 2. The number of unbranched alkanes of at least 4 members (excludes halogenated alkanes) is 1. The van der Waals surface area contributed by atoms with E-state index >= 15 is 0 Å². The number of alkyl carbamates (subject to hydrolysis) is 1. The Hall–Kier alpha value is -4.45. The van der Waals surface area contributed by atoms with Gasteiger partial charge in [-0.15, -0.1) is 0 Å². The molecular formula is C31H31Cl2N5O6. The zero-order valence-corrected chi connectivity index (χ0v) is 25.4. The summed E-state index contributed by atoms with van der Waals surface area (Å²) in [6, 6.07) is 19.8. The van der Waals surface area contributed by atoms with Gasteiger partial charge < -0.3 is 25.0 Å². The molecule has 3 N–H and O–H groups in total. The summed E-state index contributed by atoms with van der Waals surface area (Å²) in [7, 11) is 1.55. The van der Waals surface area contributed by atoms with Crippen LogP contribution in [0, 0.1) is 0 Å². The van der Waals surface area contributed by atoms with Crippen molar-refractivity contribution in [2.75, 3.05) is 18.5 Å². The second kappa shape index (κ2) is 15.9. The molecule has 1 unspecified atom stereocenters. The lowest BCUT2D eigenvalue weighted by molar-refractivity contribution is 0.0896. The molecule has 0 aliphatic rings. The molecule has 3 aromatic carbocycles. The Morgan fingerprint density at radius 3 is 2.43 bits per heavy atom. The third kappa shape index (κ3) is 9.27. The van der Waals surface area contributed by atoms with Gasteiger partial charge in [-0.3, -0.25) is 9.69 Å². The summed E-state index contributed by atoms with van der Waals surface area (Å²) in [6.07, 6.45) is 0.501.